The third-order valence-electron chi connectivity index (χ3n) is 6.90. The minimum Gasteiger partial charge on any atom is -0.393 e. The molecule has 3 nitrogen and oxygen atoms in total. The fourth-order valence-corrected chi connectivity index (χ4v) is 4.57. The molecule has 6 heteroatoms. The molecule has 2 N–H and O–H groups in total. The smallest absolute Gasteiger partial charge is 0.393 e. The SMILES string of the molecule is CC(C)[C@](O)(CN(Cc1ccccc1)C(C)(C)[C@@H]1CC[C@@H](C)C[C@H]1O)C(F)(F)F. The molecule has 1 aliphatic carbocycles. The first-order chi connectivity index (χ1) is 13.3. The van der Waals surface area contributed by atoms with E-state index in [9.17, 15) is 23.4 Å². The monoisotopic (exact) mass is 415 g/mol. The molecule has 1 aromatic carbocycles. The van der Waals surface area contributed by atoms with Gasteiger partial charge >= 0.3 is 6.18 Å². The van der Waals surface area contributed by atoms with Crippen molar-refractivity contribution in [3.05, 3.63) is 35.9 Å². The van der Waals surface area contributed by atoms with Gasteiger partial charge in [-0.15, -0.1) is 0 Å². The van der Waals surface area contributed by atoms with Crippen LogP contribution in [0.1, 0.15) is 59.4 Å². The first-order valence-electron chi connectivity index (χ1n) is 10.5. The normalized spacial score (nSPS) is 26.0. The maximum Gasteiger partial charge on any atom is 0.418 e. The molecule has 1 fully saturated rings. The van der Waals surface area contributed by atoms with E-state index in [0.29, 0.717) is 12.3 Å². The highest BCUT2D eigenvalue weighted by Gasteiger charge is 2.58. The predicted molar refractivity (Wildman–Crippen MR) is 109 cm³/mol. The summed E-state index contributed by atoms with van der Waals surface area (Å²) in [5, 5.41) is 21.5. The van der Waals surface area contributed by atoms with Crippen LogP contribution in [-0.2, 0) is 6.54 Å². The lowest BCUT2D eigenvalue weighted by molar-refractivity contribution is -0.285. The molecule has 0 saturated heterocycles. The second-order valence-corrected chi connectivity index (χ2v) is 9.66. The molecular formula is C23H36F3NO2. The lowest BCUT2D eigenvalue weighted by Crippen LogP contribution is -2.63. The Morgan fingerprint density at radius 2 is 1.69 bits per heavy atom. The van der Waals surface area contributed by atoms with Crippen molar-refractivity contribution in [2.75, 3.05) is 6.54 Å². The third kappa shape index (κ3) is 5.33. The number of rotatable bonds is 7. The van der Waals surface area contributed by atoms with Crippen molar-refractivity contribution in [1.29, 1.82) is 0 Å². The van der Waals surface area contributed by atoms with Gasteiger partial charge in [-0.05, 0) is 44.1 Å². The summed E-state index contributed by atoms with van der Waals surface area (Å²) in [4.78, 5) is 1.72. The Morgan fingerprint density at radius 1 is 1.10 bits per heavy atom. The number of hydrogen-bond acceptors (Lipinski definition) is 3. The van der Waals surface area contributed by atoms with Gasteiger partial charge in [0.1, 0.15) is 0 Å². The maximum atomic E-state index is 13.9. The fourth-order valence-electron chi connectivity index (χ4n) is 4.57. The van der Waals surface area contributed by atoms with Gasteiger partial charge in [-0.2, -0.15) is 13.2 Å². The summed E-state index contributed by atoms with van der Waals surface area (Å²) >= 11 is 0. The van der Waals surface area contributed by atoms with E-state index in [0.717, 1.165) is 18.4 Å². The molecule has 0 aromatic heterocycles. The third-order valence-corrected chi connectivity index (χ3v) is 6.90. The van der Waals surface area contributed by atoms with Crippen LogP contribution in [0, 0.1) is 17.8 Å². The van der Waals surface area contributed by atoms with Gasteiger partial charge in [0.15, 0.2) is 5.60 Å². The van der Waals surface area contributed by atoms with Gasteiger partial charge in [-0.25, -0.2) is 0 Å². The molecule has 0 unspecified atom stereocenters. The minimum absolute atomic E-state index is 0.160. The number of aliphatic hydroxyl groups is 2. The molecule has 0 spiro atoms. The largest absolute Gasteiger partial charge is 0.418 e. The van der Waals surface area contributed by atoms with Gasteiger partial charge in [0.25, 0.3) is 0 Å². The Kier molecular flexibility index (Phi) is 7.45. The first kappa shape index (κ1) is 24.2. The van der Waals surface area contributed by atoms with E-state index < -0.39 is 35.9 Å². The Morgan fingerprint density at radius 3 is 2.17 bits per heavy atom. The lowest BCUT2D eigenvalue weighted by Gasteiger charge is -2.51. The van der Waals surface area contributed by atoms with Gasteiger partial charge < -0.3 is 10.2 Å². The van der Waals surface area contributed by atoms with Crippen LogP contribution in [-0.4, -0.2) is 45.1 Å². The standard InChI is InChI=1S/C23H36F3NO2/c1-16(2)22(29,23(24,25)26)15-27(14-18-9-7-6-8-10-18)21(4,5)19-12-11-17(3)13-20(19)28/h6-10,16-17,19-20,28-29H,11-15H2,1-5H3/t17-,19-,20-,22-/m1/s1. The van der Waals surface area contributed by atoms with E-state index in [1.54, 1.807) is 4.90 Å². The van der Waals surface area contributed by atoms with Crippen LogP contribution < -0.4 is 0 Å². The summed E-state index contributed by atoms with van der Waals surface area (Å²) in [6.45, 7) is 8.44. The zero-order valence-corrected chi connectivity index (χ0v) is 18.2. The number of alkyl halides is 3. The second-order valence-electron chi connectivity index (χ2n) is 9.66. The number of nitrogens with zero attached hydrogens (tertiary/aromatic N) is 1. The van der Waals surface area contributed by atoms with Crippen molar-refractivity contribution in [3.8, 4) is 0 Å². The zero-order valence-electron chi connectivity index (χ0n) is 18.2. The second kappa shape index (κ2) is 8.94. The molecular weight excluding hydrogens is 379 g/mol. The van der Waals surface area contributed by atoms with Crippen molar-refractivity contribution in [1.82, 2.24) is 4.90 Å². The van der Waals surface area contributed by atoms with Crippen molar-refractivity contribution < 1.29 is 23.4 Å². The van der Waals surface area contributed by atoms with Crippen LogP contribution in [0.4, 0.5) is 13.2 Å². The van der Waals surface area contributed by atoms with Crippen molar-refractivity contribution >= 4 is 0 Å². The van der Waals surface area contributed by atoms with E-state index in [-0.39, 0.29) is 12.5 Å². The van der Waals surface area contributed by atoms with Crippen LogP contribution in [0.15, 0.2) is 30.3 Å². The Bertz CT molecular complexity index is 647. The number of β-amino-alcohol motifs (C(OH)–C–C–N with tert-alkyl or cyclic N) is 1. The van der Waals surface area contributed by atoms with E-state index in [1.807, 2.05) is 44.2 Å². The highest BCUT2D eigenvalue weighted by atomic mass is 19.4. The van der Waals surface area contributed by atoms with E-state index in [2.05, 4.69) is 6.92 Å². The Hall–Kier alpha value is -1.11. The minimum atomic E-state index is -4.74. The van der Waals surface area contributed by atoms with E-state index in [1.165, 1.54) is 13.8 Å². The van der Waals surface area contributed by atoms with Crippen LogP contribution in [0.2, 0.25) is 0 Å². The summed E-state index contributed by atoms with van der Waals surface area (Å²) in [5.41, 5.74) is -2.66. The van der Waals surface area contributed by atoms with Crippen molar-refractivity contribution in [2.45, 2.75) is 83.8 Å². The van der Waals surface area contributed by atoms with E-state index >= 15 is 0 Å². The van der Waals surface area contributed by atoms with Crippen molar-refractivity contribution in [2.24, 2.45) is 17.8 Å². The van der Waals surface area contributed by atoms with Gasteiger partial charge in [-0.1, -0.05) is 57.5 Å². The summed E-state index contributed by atoms with van der Waals surface area (Å²) in [5.74, 6) is -0.748. The fraction of sp³-hybridized carbons (Fsp3) is 0.739. The Balaban J connectivity index is 2.41. The summed E-state index contributed by atoms with van der Waals surface area (Å²) in [6.07, 6.45) is -2.96. The summed E-state index contributed by atoms with van der Waals surface area (Å²) < 4.78 is 41.7. The Labute approximate surface area is 172 Å². The van der Waals surface area contributed by atoms with Gasteiger partial charge in [-0.3, -0.25) is 4.90 Å². The summed E-state index contributed by atoms with van der Waals surface area (Å²) in [6, 6.07) is 9.34. The molecule has 0 heterocycles. The molecule has 0 amide bonds. The average Bonchev–Trinajstić information content (AvgIpc) is 2.60. The van der Waals surface area contributed by atoms with Crippen LogP contribution >= 0.6 is 0 Å². The molecule has 4 atom stereocenters. The maximum absolute atomic E-state index is 13.9. The number of aliphatic hydroxyl groups excluding tert-OH is 1. The molecule has 0 radical (unpaired) electrons. The number of benzene rings is 1. The van der Waals surface area contributed by atoms with E-state index in [4.69, 9.17) is 0 Å². The lowest BCUT2D eigenvalue weighted by atomic mass is 9.70. The predicted octanol–water partition coefficient (Wildman–Crippen LogP) is 5.01. The molecule has 2 rings (SSSR count). The average molecular weight is 416 g/mol. The highest BCUT2D eigenvalue weighted by Crippen LogP contribution is 2.43. The van der Waals surface area contributed by atoms with Gasteiger partial charge in [0.2, 0.25) is 0 Å². The topological polar surface area (TPSA) is 43.7 Å². The van der Waals surface area contributed by atoms with Gasteiger partial charge in [0, 0.05) is 24.5 Å². The van der Waals surface area contributed by atoms with Gasteiger partial charge in [0.05, 0.1) is 6.10 Å². The quantitative estimate of drug-likeness (QED) is 0.658. The molecule has 1 aromatic rings. The molecule has 166 valence electrons. The van der Waals surface area contributed by atoms with Crippen LogP contribution in [0.5, 0.6) is 0 Å². The molecule has 1 aliphatic rings. The van der Waals surface area contributed by atoms with Crippen molar-refractivity contribution in [3.63, 3.8) is 0 Å². The number of halogens is 3. The number of hydrogen-bond donors (Lipinski definition) is 2. The molecule has 0 bridgehead atoms. The molecule has 1 saturated carbocycles. The highest BCUT2D eigenvalue weighted by molar-refractivity contribution is 5.16. The molecule has 0 aliphatic heterocycles. The first-order valence-corrected chi connectivity index (χ1v) is 10.5. The van der Waals surface area contributed by atoms with Crippen LogP contribution in [0.3, 0.4) is 0 Å². The molecule has 29 heavy (non-hydrogen) atoms. The zero-order chi connectivity index (χ0) is 22.0. The van der Waals surface area contributed by atoms with Crippen LogP contribution in [0.25, 0.3) is 0 Å². The summed E-state index contributed by atoms with van der Waals surface area (Å²) in [7, 11) is 0.